The number of benzene rings is 1. The van der Waals surface area contributed by atoms with E-state index in [9.17, 15) is 0 Å². The van der Waals surface area contributed by atoms with Gasteiger partial charge in [0.1, 0.15) is 0 Å². The average molecular weight is 259 g/mol. The molecule has 19 heavy (non-hydrogen) atoms. The highest BCUT2D eigenvalue weighted by molar-refractivity contribution is 5.57. The number of hydrogen-bond donors (Lipinski definition) is 2. The molecule has 0 atom stereocenters. The molecule has 0 aliphatic rings. The Kier molecular flexibility index (Phi) is 4.58. The van der Waals surface area contributed by atoms with Gasteiger partial charge in [-0.1, -0.05) is 25.1 Å². The molecular formula is C15H21N3O. The van der Waals surface area contributed by atoms with Crippen LogP contribution in [-0.4, -0.2) is 21.5 Å². The van der Waals surface area contributed by atoms with E-state index in [1.807, 2.05) is 12.4 Å². The number of nitrogens with zero attached hydrogens (tertiary/aromatic N) is 2. The van der Waals surface area contributed by atoms with Gasteiger partial charge in [0.05, 0.1) is 19.3 Å². The maximum atomic E-state index is 8.87. The number of aliphatic hydroxyl groups is 1. The lowest BCUT2D eigenvalue weighted by Crippen LogP contribution is -2.04. The molecule has 2 N–H and O–H groups in total. The molecule has 1 heterocycles. The summed E-state index contributed by atoms with van der Waals surface area (Å²) in [6.07, 6.45) is 4.83. The fraction of sp³-hybridized carbons (Fsp3) is 0.400. The summed E-state index contributed by atoms with van der Waals surface area (Å²) in [6, 6.07) is 6.37. The van der Waals surface area contributed by atoms with Crippen LogP contribution in [0.25, 0.3) is 0 Å². The first-order valence-electron chi connectivity index (χ1n) is 6.69. The quantitative estimate of drug-likeness (QED) is 0.837. The van der Waals surface area contributed by atoms with Crippen molar-refractivity contribution in [2.24, 2.45) is 0 Å². The van der Waals surface area contributed by atoms with Gasteiger partial charge in [0.2, 0.25) is 0 Å². The maximum absolute atomic E-state index is 8.87. The highest BCUT2D eigenvalue weighted by atomic mass is 16.3. The molecule has 2 rings (SSSR count). The van der Waals surface area contributed by atoms with Gasteiger partial charge in [-0.15, -0.1) is 0 Å². The summed E-state index contributed by atoms with van der Waals surface area (Å²) < 4.78 is 1.76. The summed E-state index contributed by atoms with van der Waals surface area (Å²) in [5.74, 6) is 0. The summed E-state index contributed by atoms with van der Waals surface area (Å²) in [6.45, 7) is 5.70. The Bertz CT molecular complexity index is 534. The zero-order valence-corrected chi connectivity index (χ0v) is 11.6. The molecule has 0 fully saturated rings. The van der Waals surface area contributed by atoms with Crippen LogP contribution in [0.2, 0.25) is 0 Å². The third-order valence-electron chi connectivity index (χ3n) is 3.23. The second-order valence-electron chi connectivity index (χ2n) is 4.65. The third kappa shape index (κ3) is 3.35. The molecular weight excluding hydrogens is 238 g/mol. The fourth-order valence-electron chi connectivity index (χ4n) is 2.19. The Hall–Kier alpha value is -1.81. The van der Waals surface area contributed by atoms with Gasteiger partial charge in [-0.25, -0.2) is 0 Å². The van der Waals surface area contributed by atoms with Gasteiger partial charge in [0.15, 0.2) is 0 Å². The molecule has 0 saturated carbocycles. The van der Waals surface area contributed by atoms with Crippen LogP contribution in [0.3, 0.4) is 0 Å². The molecule has 0 amide bonds. The van der Waals surface area contributed by atoms with Crippen LogP contribution in [0.5, 0.6) is 0 Å². The SMILES string of the molecule is CCc1cccc(C)c1NCc1cnn(CCO)c1. The molecule has 0 aliphatic carbocycles. The molecule has 0 radical (unpaired) electrons. The summed E-state index contributed by atoms with van der Waals surface area (Å²) in [7, 11) is 0. The van der Waals surface area contributed by atoms with E-state index in [2.05, 4.69) is 42.5 Å². The number of para-hydroxylation sites is 1. The summed E-state index contributed by atoms with van der Waals surface area (Å²) in [4.78, 5) is 0. The summed E-state index contributed by atoms with van der Waals surface area (Å²) >= 11 is 0. The minimum Gasteiger partial charge on any atom is -0.394 e. The predicted molar refractivity (Wildman–Crippen MR) is 77.2 cm³/mol. The molecule has 0 aliphatic heterocycles. The molecule has 0 bridgehead atoms. The van der Waals surface area contributed by atoms with Crippen LogP contribution in [0, 0.1) is 6.92 Å². The number of anilines is 1. The van der Waals surface area contributed by atoms with Gasteiger partial charge in [-0.05, 0) is 24.5 Å². The van der Waals surface area contributed by atoms with Crippen LogP contribution < -0.4 is 5.32 Å². The van der Waals surface area contributed by atoms with Crippen LogP contribution >= 0.6 is 0 Å². The van der Waals surface area contributed by atoms with Crippen molar-refractivity contribution in [2.75, 3.05) is 11.9 Å². The van der Waals surface area contributed by atoms with Crippen LogP contribution in [0.15, 0.2) is 30.6 Å². The lowest BCUT2D eigenvalue weighted by molar-refractivity contribution is 0.269. The van der Waals surface area contributed by atoms with E-state index in [-0.39, 0.29) is 6.61 Å². The van der Waals surface area contributed by atoms with Crippen molar-refractivity contribution < 1.29 is 5.11 Å². The van der Waals surface area contributed by atoms with Crippen molar-refractivity contribution in [1.29, 1.82) is 0 Å². The first-order chi connectivity index (χ1) is 9.24. The first kappa shape index (κ1) is 13.6. The summed E-state index contributed by atoms with van der Waals surface area (Å²) in [5, 5.41) is 16.6. The number of aromatic nitrogens is 2. The van der Waals surface area contributed by atoms with E-state index in [1.165, 1.54) is 16.8 Å². The Morgan fingerprint density at radius 2 is 2.21 bits per heavy atom. The van der Waals surface area contributed by atoms with E-state index in [1.54, 1.807) is 4.68 Å². The smallest absolute Gasteiger partial charge is 0.0640 e. The Balaban J connectivity index is 2.05. The fourth-order valence-corrected chi connectivity index (χ4v) is 2.19. The van der Waals surface area contributed by atoms with Crippen molar-refractivity contribution in [1.82, 2.24) is 9.78 Å². The van der Waals surface area contributed by atoms with Gasteiger partial charge in [0, 0.05) is 24.0 Å². The van der Waals surface area contributed by atoms with Crippen molar-refractivity contribution in [2.45, 2.75) is 33.4 Å². The molecule has 4 nitrogen and oxygen atoms in total. The Labute approximate surface area is 114 Å². The molecule has 102 valence electrons. The van der Waals surface area contributed by atoms with Crippen molar-refractivity contribution in [3.05, 3.63) is 47.3 Å². The minimum absolute atomic E-state index is 0.117. The van der Waals surface area contributed by atoms with Gasteiger partial charge >= 0.3 is 0 Å². The molecule has 2 aromatic rings. The van der Waals surface area contributed by atoms with Crippen molar-refractivity contribution in [3.63, 3.8) is 0 Å². The highest BCUT2D eigenvalue weighted by Crippen LogP contribution is 2.21. The molecule has 1 aromatic heterocycles. The monoisotopic (exact) mass is 259 g/mol. The van der Waals surface area contributed by atoms with E-state index in [0.29, 0.717) is 6.54 Å². The molecule has 1 aromatic carbocycles. The highest BCUT2D eigenvalue weighted by Gasteiger charge is 2.04. The van der Waals surface area contributed by atoms with E-state index >= 15 is 0 Å². The maximum Gasteiger partial charge on any atom is 0.0640 e. The van der Waals surface area contributed by atoms with Gasteiger partial charge < -0.3 is 10.4 Å². The normalized spacial score (nSPS) is 10.7. The van der Waals surface area contributed by atoms with E-state index < -0.39 is 0 Å². The number of hydrogen-bond acceptors (Lipinski definition) is 3. The van der Waals surface area contributed by atoms with Gasteiger partial charge in [-0.3, -0.25) is 4.68 Å². The summed E-state index contributed by atoms with van der Waals surface area (Å²) in [5.41, 5.74) is 4.95. The largest absolute Gasteiger partial charge is 0.394 e. The predicted octanol–water partition coefficient (Wildman–Crippen LogP) is 2.36. The van der Waals surface area contributed by atoms with Crippen molar-refractivity contribution >= 4 is 5.69 Å². The Morgan fingerprint density at radius 1 is 1.37 bits per heavy atom. The lowest BCUT2D eigenvalue weighted by atomic mass is 10.1. The average Bonchev–Trinajstić information content (AvgIpc) is 2.85. The van der Waals surface area contributed by atoms with Gasteiger partial charge in [0.25, 0.3) is 0 Å². The second-order valence-corrected chi connectivity index (χ2v) is 4.65. The van der Waals surface area contributed by atoms with Crippen LogP contribution in [-0.2, 0) is 19.5 Å². The van der Waals surface area contributed by atoms with Crippen LogP contribution in [0.1, 0.15) is 23.6 Å². The third-order valence-corrected chi connectivity index (χ3v) is 3.23. The topological polar surface area (TPSA) is 50.1 Å². The number of aliphatic hydroxyl groups excluding tert-OH is 1. The Morgan fingerprint density at radius 3 is 2.95 bits per heavy atom. The second kappa shape index (κ2) is 6.38. The van der Waals surface area contributed by atoms with Crippen molar-refractivity contribution in [3.8, 4) is 0 Å². The number of aryl methyl sites for hydroxylation is 2. The lowest BCUT2D eigenvalue weighted by Gasteiger charge is -2.13. The zero-order chi connectivity index (χ0) is 13.7. The number of rotatable bonds is 6. The van der Waals surface area contributed by atoms with E-state index in [0.717, 1.165) is 18.5 Å². The molecule has 0 unspecified atom stereocenters. The molecule has 0 saturated heterocycles. The van der Waals surface area contributed by atoms with E-state index in [4.69, 9.17) is 5.11 Å². The minimum atomic E-state index is 0.117. The van der Waals surface area contributed by atoms with Crippen LogP contribution in [0.4, 0.5) is 5.69 Å². The zero-order valence-electron chi connectivity index (χ0n) is 11.6. The molecule has 4 heteroatoms. The standard InChI is InChI=1S/C15H21N3O/c1-3-14-6-4-5-12(2)15(14)16-9-13-10-17-18(11-13)7-8-19/h4-6,10-11,16,19H,3,7-9H2,1-2H3. The number of nitrogens with one attached hydrogen (secondary N) is 1. The first-order valence-corrected chi connectivity index (χ1v) is 6.69. The van der Waals surface area contributed by atoms with Gasteiger partial charge in [-0.2, -0.15) is 5.10 Å². The molecule has 0 spiro atoms.